The number of rotatable bonds is 5. The average Bonchev–Trinajstić information content (AvgIpc) is 2.48. The number of anilines is 1. The Morgan fingerprint density at radius 3 is 2.62 bits per heavy atom. The summed E-state index contributed by atoms with van der Waals surface area (Å²) in [6, 6.07) is 6.98. The van der Waals surface area contributed by atoms with Crippen LogP contribution in [0.3, 0.4) is 0 Å². The third kappa shape index (κ3) is 4.10. The Balaban J connectivity index is 2.18. The van der Waals surface area contributed by atoms with E-state index in [2.05, 4.69) is 24.0 Å². The molecule has 0 spiro atoms. The van der Waals surface area contributed by atoms with Gasteiger partial charge in [-0.3, -0.25) is 0 Å². The summed E-state index contributed by atoms with van der Waals surface area (Å²) in [7, 11) is 0. The van der Waals surface area contributed by atoms with Crippen molar-refractivity contribution in [2.75, 3.05) is 11.4 Å². The zero-order chi connectivity index (χ0) is 15.2. The molecule has 0 atom stereocenters. The van der Waals surface area contributed by atoms with Gasteiger partial charge in [0.25, 0.3) is 0 Å². The average molecular weight is 287 g/mol. The molecule has 0 unspecified atom stereocenters. The van der Waals surface area contributed by atoms with E-state index in [9.17, 15) is 4.79 Å². The van der Waals surface area contributed by atoms with E-state index in [-0.39, 0.29) is 0 Å². The molecule has 1 saturated carbocycles. The fourth-order valence-corrected chi connectivity index (χ4v) is 3.23. The van der Waals surface area contributed by atoms with Crippen molar-refractivity contribution in [3.05, 3.63) is 35.4 Å². The number of hydrogen-bond donors (Lipinski definition) is 1. The monoisotopic (exact) mass is 287 g/mol. The number of hydrogen-bond acceptors (Lipinski definition) is 2. The van der Waals surface area contributed by atoms with Gasteiger partial charge in [-0.1, -0.05) is 25.3 Å². The molecule has 0 heterocycles. The molecule has 1 aliphatic rings. The summed E-state index contributed by atoms with van der Waals surface area (Å²) in [6.07, 6.45) is 9.46. The van der Waals surface area contributed by atoms with Crippen LogP contribution >= 0.6 is 0 Å². The van der Waals surface area contributed by atoms with Crippen LogP contribution in [0.1, 0.15) is 50.2 Å². The Hall–Kier alpha value is -1.77. The topological polar surface area (TPSA) is 40.5 Å². The first kappa shape index (κ1) is 15.6. The lowest BCUT2D eigenvalue weighted by Gasteiger charge is -2.35. The summed E-state index contributed by atoms with van der Waals surface area (Å²) in [4.78, 5) is 13.1. The molecule has 0 bridgehead atoms. The SMILES string of the molecule is CCN(c1ccc(C=CC(=O)O)c(C)c1)C1CCCCC1. The molecule has 0 radical (unpaired) electrons. The fourth-order valence-electron chi connectivity index (χ4n) is 3.23. The molecule has 1 fully saturated rings. The zero-order valence-electron chi connectivity index (χ0n) is 13.0. The second-order valence-corrected chi connectivity index (χ2v) is 5.79. The first-order valence-electron chi connectivity index (χ1n) is 7.90. The van der Waals surface area contributed by atoms with Gasteiger partial charge in [0, 0.05) is 24.4 Å². The highest BCUT2D eigenvalue weighted by Gasteiger charge is 2.20. The molecule has 0 amide bonds. The van der Waals surface area contributed by atoms with Crippen molar-refractivity contribution in [2.24, 2.45) is 0 Å². The van der Waals surface area contributed by atoms with Gasteiger partial charge in [-0.15, -0.1) is 0 Å². The molecule has 114 valence electrons. The smallest absolute Gasteiger partial charge is 0.328 e. The lowest BCUT2D eigenvalue weighted by atomic mass is 9.93. The maximum atomic E-state index is 10.6. The van der Waals surface area contributed by atoms with Crippen LogP contribution in [0.2, 0.25) is 0 Å². The molecule has 1 aromatic carbocycles. The van der Waals surface area contributed by atoms with E-state index in [1.807, 2.05) is 13.0 Å². The van der Waals surface area contributed by atoms with Crippen LogP contribution in [0.15, 0.2) is 24.3 Å². The minimum atomic E-state index is -0.907. The molecule has 3 nitrogen and oxygen atoms in total. The van der Waals surface area contributed by atoms with Gasteiger partial charge in [0.05, 0.1) is 0 Å². The number of carboxylic acids is 1. The summed E-state index contributed by atoms with van der Waals surface area (Å²) >= 11 is 0. The van der Waals surface area contributed by atoms with E-state index in [0.717, 1.165) is 17.7 Å². The van der Waals surface area contributed by atoms with Crippen LogP contribution in [-0.2, 0) is 4.79 Å². The number of carboxylic acid groups (broad SMARTS) is 1. The molecule has 1 N–H and O–H groups in total. The molecule has 0 aromatic heterocycles. The maximum absolute atomic E-state index is 10.6. The van der Waals surface area contributed by atoms with Crippen molar-refractivity contribution in [1.29, 1.82) is 0 Å². The minimum absolute atomic E-state index is 0.656. The van der Waals surface area contributed by atoms with E-state index in [0.29, 0.717) is 6.04 Å². The highest BCUT2D eigenvalue weighted by Crippen LogP contribution is 2.28. The van der Waals surface area contributed by atoms with Gasteiger partial charge >= 0.3 is 5.97 Å². The number of aryl methyl sites for hydroxylation is 1. The predicted octanol–water partition coefficient (Wildman–Crippen LogP) is 4.25. The molecule has 0 aliphatic heterocycles. The van der Waals surface area contributed by atoms with Gasteiger partial charge in [-0.25, -0.2) is 4.79 Å². The largest absolute Gasteiger partial charge is 0.478 e. The molecule has 21 heavy (non-hydrogen) atoms. The molecule has 3 heteroatoms. The minimum Gasteiger partial charge on any atom is -0.478 e. The van der Waals surface area contributed by atoms with Crippen molar-refractivity contribution in [2.45, 2.75) is 52.0 Å². The van der Waals surface area contributed by atoms with Crippen LogP contribution in [0.4, 0.5) is 5.69 Å². The van der Waals surface area contributed by atoms with Gasteiger partial charge in [0.1, 0.15) is 0 Å². The normalized spacial score (nSPS) is 16.3. The highest BCUT2D eigenvalue weighted by molar-refractivity contribution is 5.85. The molecule has 2 rings (SSSR count). The van der Waals surface area contributed by atoms with Crippen molar-refractivity contribution in [3.63, 3.8) is 0 Å². The van der Waals surface area contributed by atoms with E-state index in [1.54, 1.807) is 6.08 Å². The van der Waals surface area contributed by atoms with E-state index in [1.165, 1.54) is 43.9 Å². The zero-order valence-corrected chi connectivity index (χ0v) is 13.0. The first-order valence-corrected chi connectivity index (χ1v) is 7.90. The van der Waals surface area contributed by atoms with Gasteiger partial charge in [0.15, 0.2) is 0 Å². The number of benzene rings is 1. The Bertz CT molecular complexity index is 516. The molecule has 0 saturated heterocycles. The van der Waals surface area contributed by atoms with Gasteiger partial charge in [-0.05, 0) is 56.0 Å². The third-order valence-electron chi connectivity index (χ3n) is 4.35. The van der Waals surface area contributed by atoms with Crippen LogP contribution < -0.4 is 4.90 Å². The summed E-state index contributed by atoms with van der Waals surface area (Å²) in [5.41, 5.74) is 3.36. The molecular weight excluding hydrogens is 262 g/mol. The van der Waals surface area contributed by atoms with Gasteiger partial charge < -0.3 is 10.0 Å². The molecular formula is C18H25NO2. The van der Waals surface area contributed by atoms with Crippen molar-refractivity contribution < 1.29 is 9.90 Å². The fraction of sp³-hybridized carbons (Fsp3) is 0.500. The maximum Gasteiger partial charge on any atom is 0.328 e. The lowest BCUT2D eigenvalue weighted by molar-refractivity contribution is -0.131. The standard InChI is InChI=1S/C18H25NO2/c1-3-19(16-7-5-4-6-8-16)17-11-9-15(14(2)13-17)10-12-18(20)21/h9-13,16H,3-8H2,1-2H3,(H,20,21). The third-order valence-corrected chi connectivity index (χ3v) is 4.35. The Kier molecular flexibility index (Phi) is 5.43. The van der Waals surface area contributed by atoms with E-state index in [4.69, 9.17) is 5.11 Å². The summed E-state index contributed by atoms with van der Waals surface area (Å²) in [5, 5.41) is 8.72. The summed E-state index contributed by atoms with van der Waals surface area (Å²) in [5.74, 6) is -0.907. The number of nitrogens with zero attached hydrogens (tertiary/aromatic N) is 1. The first-order chi connectivity index (χ1) is 10.1. The second kappa shape index (κ2) is 7.30. The van der Waals surface area contributed by atoms with Crippen LogP contribution in [0.5, 0.6) is 0 Å². The summed E-state index contributed by atoms with van der Waals surface area (Å²) < 4.78 is 0. The highest BCUT2D eigenvalue weighted by atomic mass is 16.4. The molecule has 1 aromatic rings. The van der Waals surface area contributed by atoms with Crippen LogP contribution in [-0.4, -0.2) is 23.7 Å². The Labute approximate surface area is 127 Å². The Morgan fingerprint density at radius 2 is 2.05 bits per heavy atom. The quantitative estimate of drug-likeness (QED) is 0.823. The van der Waals surface area contributed by atoms with Gasteiger partial charge in [0.2, 0.25) is 0 Å². The summed E-state index contributed by atoms with van der Waals surface area (Å²) in [6.45, 7) is 5.27. The van der Waals surface area contributed by atoms with Gasteiger partial charge in [-0.2, -0.15) is 0 Å². The van der Waals surface area contributed by atoms with E-state index >= 15 is 0 Å². The van der Waals surface area contributed by atoms with Crippen molar-refractivity contribution >= 4 is 17.7 Å². The molecule has 1 aliphatic carbocycles. The van der Waals surface area contributed by atoms with Crippen molar-refractivity contribution in [3.8, 4) is 0 Å². The number of carbonyl (C=O) groups is 1. The van der Waals surface area contributed by atoms with Crippen LogP contribution in [0.25, 0.3) is 6.08 Å². The van der Waals surface area contributed by atoms with E-state index < -0.39 is 5.97 Å². The second-order valence-electron chi connectivity index (χ2n) is 5.79. The van der Waals surface area contributed by atoms with Crippen molar-refractivity contribution in [1.82, 2.24) is 0 Å². The lowest BCUT2D eigenvalue weighted by Crippen LogP contribution is -2.36. The number of aliphatic carboxylic acids is 1. The van der Waals surface area contributed by atoms with Crippen LogP contribution in [0, 0.1) is 6.92 Å². The predicted molar refractivity (Wildman–Crippen MR) is 87.7 cm³/mol. The Morgan fingerprint density at radius 1 is 1.33 bits per heavy atom.